The fourth-order valence-corrected chi connectivity index (χ4v) is 1.56. The third-order valence-corrected chi connectivity index (χ3v) is 2.42. The lowest BCUT2D eigenvalue weighted by Gasteiger charge is -2.34. The summed E-state index contributed by atoms with van der Waals surface area (Å²) in [6.45, 7) is 7.32. The number of nitrogens with zero attached hydrogens (tertiary/aromatic N) is 2. The summed E-state index contributed by atoms with van der Waals surface area (Å²) in [7, 11) is 0. The summed E-state index contributed by atoms with van der Waals surface area (Å²) in [6.07, 6.45) is -0.339. The van der Waals surface area contributed by atoms with E-state index in [1.807, 2.05) is 20.8 Å². The van der Waals surface area contributed by atoms with Gasteiger partial charge in [0.05, 0.1) is 0 Å². The lowest BCUT2D eigenvalue weighted by molar-refractivity contribution is 0.0177. The molecule has 1 aliphatic rings. The normalized spacial score (nSPS) is 16.2. The number of carbonyl (C=O) groups is 2. The van der Waals surface area contributed by atoms with Crippen molar-refractivity contribution in [3.05, 3.63) is 0 Å². The van der Waals surface area contributed by atoms with Crippen molar-refractivity contribution in [1.82, 2.24) is 9.80 Å². The Labute approximate surface area is 112 Å². The van der Waals surface area contributed by atoms with E-state index in [1.54, 1.807) is 4.90 Å². The van der Waals surface area contributed by atoms with E-state index in [4.69, 9.17) is 16.3 Å². The highest BCUT2D eigenvalue weighted by Gasteiger charge is 2.26. The van der Waals surface area contributed by atoms with Crippen LogP contribution in [-0.2, 0) is 4.74 Å². The number of carbonyl (C=O) groups excluding carboxylic acids is 2. The SMILES string of the molecule is CC(C)(C)OC(=O)N1CCN(C(=O)Cl)CC1.Cl. The largest absolute Gasteiger partial charge is 0.444 e. The van der Waals surface area contributed by atoms with E-state index in [1.165, 1.54) is 4.90 Å². The molecule has 1 saturated heterocycles. The molecule has 1 fully saturated rings. The molecule has 0 aromatic carbocycles. The van der Waals surface area contributed by atoms with Crippen LogP contribution in [0.2, 0.25) is 0 Å². The summed E-state index contributed by atoms with van der Waals surface area (Å²) < 4.78 is 5.22. The van der Waals surface area contributed by atoms with E-state index >= 15 is 0 Å². The van der Waals surface area contributed by atoms with Crippen molar-refractivity contribution < 1.29 is 14.3 Å². The third kappa shape index (κ3) is 5.46. The molecule has 0 saturated carbocycles. The molecule has 5 nitrogen and oxygen atoms in total. The van der Waals surface area contributed by atoms with Gasteiger partial charge in [-0.15, -0.1) is 12.4 Å². The number of hydrogen-bond acceptors (Lipinski definition) is 3. The van der Waals surface area contributed by atoms with Crippen molar-refractivity contribution in [3.63, 3.8) is 0 Å². The van der Waals surface area contributed by atoms with E-state index in [0.29, 0.717) is 26.2 Å². The molecule has 0 aromatic rings. The quantitative estimate of drug-likeness (QED) is 0.507. The number of halogens is 2. The van der Waals surface area contributed by atoms with Crippen molar-refractivity contribution in [2.75, 3.05) is 26.2 Å². The minimum Gasteiger partial charge on any atom is -0.444 e. The van der Waals surface area contributed by atoms with Crippen LogP contribution in [0.15, 0.2) is 0 Å². The summed E-state index contributed by atoms with van der Waals surface area (Å²) in [5, 5.41) is -0.469. The molecule has 7 heteroatoms. The van der Waals surface area contributed by atoms with Crippen LogP contribution in [0.5, 0.6) is 0 Å². The fourth-order valence-electron chi connectivity index (χ4n) is 1.39. The van der Waals surface area contributed by atoms with Gasteiger partial charge in [0, 0.05) is 26.2 Å². The number of amides is 2. The standard InChI is InChI=1S/C10H17ClN2O3.ClH/c1-10(2,3)16-9(15)13-6-4-12(5-7-13)8(11)14;/h4-7H2,1-3H3;1H. The Morgan fingerprint density at radius 3 is 1.82 bits per heavy atom. The van der Waals surface area contributed by atoms with Gasteiger partial charge in [-0.25, -0.2) is 4.79 Å². The van der Waals surface area contributed by atoms with Crippen molar-refractivity contribution in [2.24, 2.45) is 0 Å². The monoisotopic (exact) mass is 284 g/mol. The summed E-state index contributed by atoms with van der Waals surface area (Å²) in [6, 6.07) is 0. The predicted octanol–water partition coefficient (Wildman–Crippen LogP) is 2.32. The van der Waals surface area contributed by atoms with Crippen LogP contribution in [0.1, 0.15) is 20.8 Å². The molecule has 0 atom stereocenters. The minimum absolute atomic E-state index is 0. The maximum Gasteiger partial charge on any atom is 0.410 e. The van der Waals surface area contributed by atoms with Crippen molar-refractivity contribution in [1.29, 1.82) is 0 Å². The van der Waals surface area contributed by atoms with Gasteiger partial charge < -0.3 is 14.5 Å². The van der Waals surface area contributed by atoms with Crippen LogP contribution in [0.25, 0.3) is 0 Å². The number of rotatable bonds is 0. The Morgan fingerprint density at radius 2 is 1.47 bits per heavy atom. The average Bonchev–Trinajstić information content (AvgIpc) is 2.15. The van der Waals surface area contributed by atoms with Gasteiger partial charge in [0.25, 0.3) is 0 Å². The molecule has 0 radical (unpaired) electrons. The highest BCUT2D eigenvalue weighted by atomic mass is 35.5. The molecule has 1 rings (SSSR count). The van der Waals surface area contributed by atoms with E-state index in [-0.39, 0.29) is 18.5 Å². The predicted molar refractivity (Wildman–Crippen MR) is 67.9 cm³/mol. The fraction of sp³-hybridized carbons (Fsp3) is 0.800. The van der Waals surface area contributed by atoms with Crippen molar-refractivity contribution in [3.8, 4) is 0 Å². The van der Waals surface area contributed by atoms with E-state index < -0.39 is 11.0 Å². The maximum absolute atomic E-state index is 11.7. The Bertz CT molecular complexity index is 284. The second-order valence-corrected chi connectivity index (χ2v) is 5.03. The van der Waals surface area contributed by atoms with Gasteiger partial charge in [0.2, 0.25) is 0 Å². The van der Waals surface area contributed by atoms with Gasteiger partial charge in [-0.1, -0.05) is 0 Å². The molecule has 0 bridgehead atoms. The molecule has 17 heavy (non-hydrogen) atoms. The van der Waals surface area contributed by atoms with Gasteiger partial charge in [-0.2, -0.15) is 0 Å². The minimum atomic E-state index is -0.490. The molecule has 0 unspecified atom stereocenters. The van der Waals surface area contributed by atoms with E-state index in [9.17, 15) is 9.59 Å². The van der Waals surface area contributed by atoms with Gasteiger partial charge in [0.1, 0.15) is 5.60 Å². The molecular weight excluding hydrogens is 267 g/mol. The molecule has 100 valence electrons. The van der Waals surface area contributed by atoms with Crippen LogP contribution >= 0.6 is 24.0 Å². The zero-order valence-corrected chi connectivity index (χ0v) is 11.8. The van der Waals surface area contributed by atoms with Gasteiger partial charge in [-0.3, -0.25) is 4.79 Å². The van der Waals surface area contributed by atoms with Crippen molar-refractivity contribution >= 4 is 35.5 Å². The first-order valence-electron chi connectivity index (χ1n) is 5.22. The first kappa shape index (κ1) is 16.3. The zero-order valence-electron chi connectivity index (χ0n) is 10.2. The smallest absolute Gasteiger partial charge is 0.410 e. The van der Waals surface area contributed by atoms with Gasteiger partial charge in [-0.05, 0) is 32.4 Å². The first-order chi connectivity index (χ1) is 7.29. The lowest BCUT2D eigenvalue weighted by atomic mass is 10.2. The Morgan fingerprint density at radius 1 is 1.06 bits per heavy atom. The van der Waals surface area contributed by atoms with Crippen LogP contribution in [0.3, 0.4) is 0 Å². The molecule has 0 N–H and O–H groups in total. The number of hydrogen-bond donors (Lipinski definition) is 0. The maximum atomic E-state index is 11.7. The topological polar surface area (TPSA) is 49.9 Å². The lowest BCUT2D eigenvalue weighted by Crippen LogP contribution is -2.50. The first-order valence-corrected chi connectivity index (χ1v) is 5.60. The van der Waals surface area contributed by atoms with Crippen molar-refractivity contribution in [2.45, 2.75) is 26.4 Å². The summed E-state index contributed by atoms with van der Waals surface area (Å²) >= 11 is 5.34. The van der Waals surface area contributed by atoms with Gasteiger partial charge >= 0.3 is 11.5 Å². The van der Waals surface area contributed by atoms with Gasteiger partial charge in [0.15, 0.2) is 0 Å². The highest BCUT2D eigenvalue weighted by Crippen LogP contribution is 2.12. The molecule has 2 amide bonds. The Hall–Kier alpha value is -0.680. The molecular formula is C10H18Cl2N2O3. The average molecular weight is 285 g/mol. The summed E-state index contributed by atoms with van der Waals surface area (Å²) in [4.78, 5) is 25.6. The molecule has 1 aliphatic heterocycles. The van der Waals surface area contributed by atoms with Crippen LogP contribution in [-0.4, -0.2) is 53.0 Å². The summed E-state index contributed by atoms with van der Waals surface area (Å²) in [5.74, 6) is 0. The molecule has 1 heterocycles. The second kappa shape index (κ2) is 6.31. The van der Waals surface area contributed by atoms with E-state index in [2.05, 4.69) is 0 Å². The van der Waals surface area contributed by atoms with E-state index in [0.717, 1.165) is 0 Å². The number of ether oxygens (including phenoxy) is 1. The van der Waals surface area contributed by atoms with Crippen LogP contribution in [0, 0.1) is 0 Å². The van der Waals surface area contributed by atoms with Crippen LogP contribution in [0.4, 0.5) is 9.59 Å². The second-order valence-electron chi connectivity index (χ2n) is 4.71. The molecule has 0 aliphatic carbocycles. The number of piperazine rings is 1. The Kier molecular flexibility index (Phi) is 6.05. The molecule has 0 aromatic heterocycles. The Balaban J connectivity index is 0.00000256. The zero-order chi connectivity index (χ0) is 12.3. The highest BCUT2D eigenvalue weighted by molar-refractivity contribution is 6.62. The summed E-state index contributed by atoms with van der Waals surface area (Å²) in [5.41, 5.74) is -0.490. The van der Waals surface area contributed by atoms with Crippen LogP contribution < -0.4 is 0 Å². The molecule has 0 spiro atoms. The third-order valence-electron chi connectivity index (χ3n) is 2.18.